The van der Waals surface area contributed by atoms with Gasteiger partial charge in [0.05, 0.1) is 30.0 Å². The Morgan fingerprint density at radius 1 is 0.755 bits per heavy atom. The highest BCUT2D eigenvalue weighted by Crippen LogP contribution is 2.27. The van der Waals surface area contributed by atoms with Crippen LogP contribution in [-0.2, 0) is 4.74 Å². The number of nitrogens with zero attached hydrogens (tertiary/aromatic N) is 10. The van der Waals surface area contributed by atoms with Crippen LogP contribution in [0, 0.1) is 6.92 Å². The van der Waals surface area contributed by atoms with E-state index in [1.54, 1.807) is 11.8 Å². The van der Waals surface area contributed by atoms with Gasteiger partial charge in [0.2, 0.25) is 11.7 Å². The number of hydrogen-bond donors (Lipinski definition) is 1. The summed E-state index contributed by atoms with van der Waals surface area (Å²) in [5, 5.41) is 7.28. The molecule has 3 aliphatic heterocycles. The molecule has 0 bridgehead atoms. The van der Waals surface area contributed by atoms with Gasteiger partial charge in [0.15, 0.2) is 0 Å². The number of carbonyl (C=O) groups excluding carboxylic acids is 1. The number of fused-ring (bicyclic) bond motifs is 2. The van der Waals surface area contributed by atoms with E-state index in [0.29, 0.717) is 18.3 Å². The fourth-order valence-corrected chi connectivity index (χ4v) is 7.40. The summed E-state index contributed by atoms with van der Waals surface area (Å²) in [4.78, 5) is 25.6. The number of aromatic nitrogens is 6. The van der Waals surface area contributed by atoms with Gasteiger partial charge in [-0.2, -0.15) is 22.5 Å². The highest BCUT2D eigenvalue weighted by molar-refractivity contribution is 7.00. The van der Waals surface area contributed by atoms with Gasteiger partial charge in [-0.3, -0.25) is 9.80 Å². The van der Waals surface area contributed by atoms with Crippen LogP contribution in [0.1, 0.15) is 5.89 Å². The first-order valence-electron chi connectivity index (χ1n) is 16.3. The number of rotatable bonds is 6. The van der Waals surface area contributed by atoms with Crippen LogP contribution in [-0.4, -0.2) is 110 Å². The Labute approximate surface area is 290 Å². The van der Waals surface area contributed by atoms with E-state index in [4.69, 9.17) is 9.26 Å². The first-order valence-corrected chi connectivity index (χ1v) is 17.8. The number of carbonyl (C=O) groups is 1. The molecule has 0 aliphatic carbocycles. The number of piperazine rings is 2. The second-order valence-corrected chi connectivity index (χ2v) is 13.3. The molecule has 6 heterocycles. The molecule has 9 rings (SSSR count). The van der Waals surface area contributed by atoms with Gasteiger partial charge in [0.25, 0.3) is 0 Å². The largest absolute Gasteiger partial charge is 0.443 e. The average Bonchev–Trinajstić information content (AvgIpc) is 3.96. The average molecular weight is 698 g/mol. The normalized spacial score (nSPS) is 18.6. The van der Waals surface area contributed by atoms with E-state index in [1.807, 2.05) is 30.3 Å². The first kappa shape index (κ1) is 31.5. The number of anilines is 3. The Hall–Kier alpha value is -4.77. The number of nitrogens with one attached hydrogen (secondary N) is 1. The predicted molar refractivity (Wildman–Crippen MR) is 191 cm³/mol. The van der Waals surface area contributed by atoms with Gasteiger partial charge >= 0.3 is 6.09 Å². The molecule has 252 valence electrons. The maximum absolute atomic E-state index is 12.5. The Morgan fingerprint density at radius 2 is 1.35 bits per heavy atom. The van der Waals surface area contributed by atoms with Crippen molar-refractivity contribution < 1.29 is 14.1 Å². The Morgan fingerprint density at radius 3 is 1.96 bits per heavy atom. The van der Waals surface area contributed by atoms with E-state index in [2.05, 4.69) is 78.0 Å². The second-order valence-electron chi connectivity index (χ2n) is 12.2. The summed E-state index contributed by atoms with van der Waals surface area (Å²) >= 11 is 2.52. The summed E-state index contributed by atoms with van der Waals surface area (Å²) in [6.07, 6.45) is -0.465. The molecule has 3 aromatic heterocycles. The van der Waals surface area contributed by atoms with Crippen molar-refractivity contribution in [2.75, 3.05) is 80.1 Å². The van der Waals surface area contributed by atoms with Crippen LogP contribution in [0.5, 0.6) is 0 Å². The standard InChI is InChI=1S/C23H23N7O3S.C10H12N4S/c1-15-24-22(25-33-15)16-2-4-17(5-3-16)30-14-19(32-23(30)31)13-28-8-10-29(11-9-28)18-6-7-20-21(12-18)27-34-26-20;1-2-9-10(13-15-12-9)7-8(1)14-5-3-11-4-6-14/h2-7,12,19H,8-11,13-14H2,1H3;1-2,7,11H,3-6H2. The van der Waals surface area contributed by atoms with Crippen LogP contribution < -0.4 is 20.0 Å². The van der Waals surface area contributed by atoms with Gasteiger partial charge in [-0.05, 0) is 60.7 Å². The zero-order chi connectivity index (χ0) is 33.2. The molecule has 49 heavy (non-hydrogen) atoms. The summed E-state index contributed by atoms with van der Waals surface area (Å²) in [5.41, 5.74) is 7.98. The number of cyclic esters (lactones) is 1. The molecule has 3 fully saturated rings. The number of ether oxygens (including phenoxy) is 1. The maximum atomic E-state index is 12.5. The molecule has 0 saturated carbocycles. The van der Waals surface area contributed by atoms with E-state index in [0.717, 1.165) is 92.2 Å². The van der Waals surface area contributed by atoms with E-state index in [9.17, 15) is 4.79 Å². The molecule has 3 aromatic carbocycles. The molecule has 14 nitrogen and oxygen atoms in total. The fraction of sp³-hybridized carbons (Fsp3) is 0.364. The predicted octanol–water partition coefficient (Wildman–Crippen LogP) is 4.30. The van der Waals surface area contributed by atoms with Crippen molar-refractivity contribution in [1.29, 1.82) is 0 Å². The quantitative estimate of drug-likeness (QED) is 0.265. The van der Waals surface area contributed by atoms with Crippen LogP contribution >= 0.6 is 23.5 Å². The monoisotopic (exact) mass is 697 g/mol. The molecule has 1 N–H and O–H groups in total. The highest BCUT2D eigenvalue weighted by Gasteiger charge is 2.34. The van der Waals surface area contributed by atoms with Crippen molar-refractivity contribution >= 4 is 68.7 Å². The molecule has 1 atom stereocenters. The number of aryl methyl sites for hydroxylation is 1. The number of hydrogen-bond acceptors (Lipinski definition) is 15. The van der Waals surface area contributed by atoms with Gasteiger partial charge < -0.3 is 24.4 Å². The topological polar surface area (TPSA) is 142 Å². The maximum Gasteiger partial charge on any atom is 0.414 e. The third kappa shape index (κ3) is 7.03. The lowest BCUT2D eigenvalue weighted by atomic mass is 10.2. The third-order valence-corrected chi connectivity index (χ3v) is 10.1. The van der Waals surface area contributed by atoms with Crippen molar-refractivity contribution in [2.24, 2.45) is 0 Å². The van der Waals surface area contributed by atoms with Crippen molar-refractivity contribution in [3.8, 4) is 11.4 Å². The van der Waals surface area contributed by atoms with E-state index in [-0.39, 0.29) is 12.2 Å². The van der Waals surface area contributed by atoms with Gasteiger partial charge in [-0.1, -0.05) is 5.16 Å². The summed E-state index contributed by atoms with van der Waals surface area (Å²) in [6.45, 7) is 11.0. The van der Waals surface area contributed by atoms with Gasteiger partial charge in [-0.25, -0.2) is 4.79 Å². The molecule has 0 spiro atoms. The minimum atomic E-state index is -0.308. The SMILES string of the molecule is Cc1nc(-c2ccc(N3CC(CN4CCN(c5ccc6nsnc6c5)CC4)OC3=O)cc2)no1.c1cc2nsnc2cc1N1CCNCC1. The molecule has 16 heteroatoms. The van der Waals surface area contributed by atoms with Crippen molar-refractivity contribution in [3.63, 3.8) is 0 Å². The Balaban J connectivity index is 0.000000193. The molecular formula is C33H35N11O3S2. The van der Waals surface area contributed by atoms with Crippen LogP contribution in [0.3, 0.4) is 0 Å². The molecule has 0 radical (unpaired) electrons. The zero-order valence-corrected chi connectivity index (χ0v) is 28.6. The van der Waals surface area contributed by atoms with Crippen LogP contribution in [0.15, 0.2) is 65.2 Å². The second kappa shape index (κ2) is 14.0. The lowest BCUT2D eigenvalue weighted by Crippen LogP contribution is -2.49. The van der Waals surface area contributed by atoms with Crippen LogP contribution in [0.4, 0.5) is 21.9 Å². The van der Waals surface area contributed by atoms with Crippen molar-refractivity contribution in [3.05, 3.63) is 66.6 Å². The highest BCUT2D eigenvalue weighted by atomic mass is 32.1. The minimum Gasteiger partial charge on any atom is -0.443 e. The van der Waals surface area contributed by atoms with Gasteiger partial charge in [-0.15, -0.1) is 0 Å². The molecule has 1 amide bonds. The third-order valence-electron chi connectivity index (χ3n) is 8.99. The Kier molecular flexibility index (Phi) is 8.99. The van der Waals surface area contributed by atoms with Crippen molar-refractivity contribution in [2.45, 2.75) is 13.0 Å². The van der Waals surface area contributed by atoms with Gasteiger partial charge in [0.1, 0.15) is 28.2 Å². The first-order chi connectivity index (χ1) is 24.1. The number of amides is 1. The fourth-order valence-electron chi connectivity index (χ4n) is 6.37. The van der Waals surface area contributed by atoms with Crippen molar-refractivity contribution in [1.82, 2.24) is 37.9 Å². The molecule has 3 saturated heterocycles. The summed E-state index contributed by atoms with van der Waals surface area (Å²) in [5.74, 6) is 1.05. The summed E-state index contributed by atoms with van der Waals surface area (Å²) in [6, 6.07) is 20.1. The lowest BCUT2D eigenvalue weighted by Gasteiger charge is -2.36. The van der Waals surface area contributed by atoms with E-state index < -0.39 is 0 Å². The molecule has 3 aliphatic rings. The molecular weight excluding hydrogens is 663 g/mol. The van der Waals surface area contributed by atoms with Crippen LogP contribution in [0.2, 0.25) is 0 Å². The molecule has 1 unspecified atom stereocenters. The zero-order valence-electron chi connectivity index (χ0n) is 26.9. The van der Waals surface area contributed by atoms with Gasteiger partial charge in [0, 0.05) is 88.5 Å². The van der Waals surface area contributed by atoms with E-state index in [1.165, 1.54) is 34.8 Å². The van der Waals surface area contributed by atoms with Crippen LogP contribution in [0.25, 0.3) is 33.5 Å². The smallest absolute Gasteiger partial charge is 0.414 e. The lowest BCUT2D eigenvalue weighted by molar-refractivity contribution is 0.106. The minimum absolute atomic E-state index is 0.156. The molecule has 6 aromatic rings. The van der Waals surface area contributed by atoms with E-state index >= 15 is 0 Å². The number of benzene rings is 3. The Bertz CT molecular complexity index is 2030. The summed E-state index contributed by atoms with van der Waals surface area (Å²) < 4.78 is 27.8. The summed E-state index contributed by atoms with van der Waals surface area (Å²) in [7, 11) is 0.